The smallest absolute Gasteiger partial charge is 0.250 e. The number of carbonyl (C=O) groups is 2. The number of hydrogen-bond donors (Lipinski definition) is 1. The average molecular weight is 390 g/mol. The van der Waals surface area contributed by atoms with Gasteiger partial charge in [0.1, 0.15) is 6.54 Å². The first kappa shape index (κ1) is 18.8. The molecule has 0 spiro atoms. The van der Waals surface area contributed by atoms with Gasteiger partial charge < -0.3 is 10.2 Å². The van der Waals surface area contributed by atoms with E-state index in [1.54, 1.807) is 11.0 Å². The number of benzene rings is 2. The first-order valence-electron chi connectivity index (χ1n) is 9.63. The summed E-state index contributed by atoms with van der Waals surface area (Å²) in [5, 5.41) is 15.3. The van der Waals surface area contributed by atoms with Gasteiger partial charge in [-0.15, -0.1) is 10.2 Å². The third-order valence-corrected chi connectivity index (χ3v) is 4.98. The molecule has 1 unspecified atom stereocenters. The highest BCUT2D eigenvalue weighted by molar-refractivity contribution is 6.04. The van der Waals surface area contributed by atoms with Gasteiger partial charge in [0.2, 0.25) is 11.7 Å². The number of tetrazole rings is 1. The summed E-state index contributed by atoms with van der Waals surface area (Å²) in [7, 11) is 0. The van der Waals surface area contributed by atoms with Gasteiger partial charge in [0.05, 0.1) is 11.4 Å². The summed E-state index contributed by atoms with van der Waals surface area (Å²) in [4.78, 5) is 28.1. The van der Waals surface area contributed by atoms with Gasteiger partial charge in [0.15, 0.2) is 0 Å². The summed E-state index contributed by atoms with van der Waals surface area (Å²) in [5.41, 5.74) is 3.38. The Morgan fingerprint density at radius 2 is 1.93 bits per heavy atom. The molecule has 8 nitrogen and oxygen atoms in total. The second-order valence-electron chi connectivity index (χ2n) is 7.08. The van der Waals surface area contributed by atoms with Crippen LogP contribution in [0.25, 0.3) is 11.4 Å². The lowest BCUT2D eigenvalue weighted by atomic mass is 10.1. The van der Waals surface area contributed by atoms with Crippen molar-refractivity contribution in [3.05, 3.63) is 54.1 Å². The Hall–Kier alpha value is -3.55. The van der Waals surface area contributed by atoms with E-state index in [0.29, 0.717) is 17.2 Å². The van der Waals surface area contributed by atoms with Gasteiger partial charge in [0.25, 0.3) is 5.91 Å². The van der Waals surface area contributed by atoms with E-state index >= 15 is 0 Å². The van der Waals surface area contributed by atoms with Crippen LogP contribution >= 0.6 is 0 Å². The summed E-state index contributed by atoms with van der Waals surface area (Å²) in [6, 6.07) is 15.0. The van der Waals surface area contributed by atoms with Gasteiger partial charge in [-0.25, -0.2) is 0 Å². The van der Waals surface area contributed by atoms with Crippen molar-refractivity contribution in [2.24, 2.45) is 0 Å². The van der Waals surface area contributed by atoms with Crippen molar-refractivity contribution >= 4 is 23.2 Å². The molecule has 2 aromatic carbocycles. The molecule has 2 amide bonds. The molecular formula is C21H22N6O2. The largest absolute Gasteiger partial charge is 0.324 e. The molecule has 1 aliphatic heterocycles. The lowest BCUT2D eigenvalue weighted by molar-refractivity contribution is -0.120. The molecule has 8 heteroatoms. The van der Waals surface area contributed by atoms with Crippen molar-refractivity contribution in [1.29, 1.82) is 0 Å². The number of hydrogen-bond acceptors (Lipinski definition) is 5. The van der Waals surface area contributed by atoms with Crippen LogP contribution in [-0.4, -0.2) is 38.1 Å². The second-order valence-corrected chi connectivity index (χ2v) is 7.08. The van der Waals surface area contributed by atoms with Crippen molar-refractivity contribution in [3.63, 3.8) is 0 Å². The Morgan fingerprint density at radius 3 is 2.69 bits per heavy atom. The summed E-state index contributed by atoms with van der Waals surface area (Å²) >= 11 is 0. The Morgan fingerprint density at radius 1 is 1.17 bits per heavy atom. The molecule has 29 heavy (non-hydrogen) atoms. The molecule has 1 aromatic heterocycles. The van der Waals surface area contributed by atoms with Crippen LogP contribution < -0.4 is 10.2 Å². The maximum absolute atomic E-state index is 13.1. The van der Waals surface area contributed by atoms with Crippen molar-refractivity contribution in [1.82, 2.24) is 20.2 Å². The highest BCUT2D eigenvalue weighted by atomic mass is 16.2. The van der Waals surface area contributed by atoms with Crippen molar-refractivity contribution in [2.45, 2.75) is 39.3 Å². The average Bonchev–Trinajstić information content (AvgIpc) is 3.12. The number of carbonyl (C=O) groups excluding carboxylic acids is 2. The summed E-state index contributed by atoms with van der Waals surface area (Å²) in [6.07, 6.45) is 1.18. The molecular weight excluding hydrogens is 368 g/mol. The number of anilines is 2. The zero-order valence-electron chi connectivity index (χ0n) is 16.4. The third kappa shape index (κ3) is 3.87. The summed E-state index contributed by atoms with van der Waals surface area (Å²) < 4.78 is 0. The van der Waals surface area contributed by atoms with Crippen LogP contribution in [0.1, 0.15) is 25.8 Å². The number of aromatic nitrogens is 4. The maximum atomic E-state index is 13.1. The molecule has 148 valence electrons. The highest BCUT2D eigenvalue weighted by Gasteiger charge is 2.30. The standard InChI is InChI=1S/C21H22N6O2/c1-3-15-8-10-16(11-9-15)21-23-25-26(24-21)13-20(29)27-14(2)12-19(28)22-17-6-4-5-7-18(17)27/h4-11,14H,3,12-13H2,1-2H3,(H,22,28). The number of fused-ring (bicyclic) bond motifs is 1. The van der Waals surface area contributed by atoms with E-state index in [4.69, 9.17) is 0 Å². The monoisotopic (exact) mass is 390 g/mol. The SMILES string of the molecule is CCc1ccc(-c2nnn(CC(=O)N3c4ccccc4NC(=O)CC3C)n2)cc1. The molecule has 4 rings (SSSR count). The minimum absolute atomic E-state index is 0.0626. The predicted molar refractivity (Wildman–Crippen MR) is 109 cm³/mol. The third-order valence-electron chi connectivity index (χ3n) is 4.98. The predicted octanol–water partition coefficient (Wildman–Crippen LogP) is 2.67. The Bertz CT molecular complexity index is 1040. The first-order valence-corrected chi connectivity index (χ1v) is 9.63. The van der Waals surface area contributed by atoms with E-state index < -0.39 is 0 Å². The van der Waals surface area contributed by atoms with Crippen LogP contribution in [0.3, 0.4) is 0 Å². The fourth-order valence-electron chi connectivity index (χ4n) is 3.48. The lowest BCUT2D eigenvalue weighted by Gasteiger charge is -2.27. The maximum Gasteiger partial charge on any atom is 0.250 e. The van der Waals surface area contributed by atoms with Gasteiger partial charge in [0, 0.05) is 18.0 Å². The number of nitrogens with zero attached hydrogens (tertiary/aromatic N) is 5. The first-order chi connectivity index (χ1) is 14.0. The van der Waals surface area contributed by atoms with Gasteiger partial charge >= 0.3 is 0 Å². The van der Waals surface area contributed by atoms with E-state index in [2.05, 4.69) is 27.7 Å². The number of para-hydroxylation sites is 2. The van der Waals surface area contributed by atoms with Crippen molar-refractivity contribution < 1.29 is 9.59 Å². The van der Waals surface area contributed by atoms with Crippen LogP contribution in [0.15, 0.2) is 48.5 Å². The quantitative estimate of drug-likeness (QED) is 0.739. The van der Waals surface area contributed by atoms with E-state index in [9.17, 15) is 9.59 Å². The molecule has 1 N–H and O–H groups in total. The Kier molecular flexibility index (Phi) is 5.07. The van der Waals surface area contributed by atoms with Crippen LogP contribution in [0.4, 0.5) is 11.4 Å². The Labute approximate surface area is 168 Å². The molecule has 0 fully saturated rings. The second kappa shape index (κ2) is 7.83. The Balaban J connectivity index is 1.56. The van der Waals surface area contributed by atoms with Crippen LogP contribution in [0.2, 0.25) is 0 Å². The van der Waals surface area contributed by atoms with Gasteiger partial charge in [-0.3, -0.25) is 9.59 Å². The van der Waals surface area contributed by atoms with E-state index in [-0.39, 0.29) is 30.8 Å². The molecule has 1 atom stereocenters. The van der Waals surface area contributed by atoms with E-state index in [1.807, 2.05) is 49.4 Å². The number of nitrogens with one attached hydrogen (secondary N) is 1. The van der Waals surface area contributed by atoms with Gasteiger partial charge in [-0.2, -0.15) is 4.80 Å². The molecule has 0 saturated heterocycles. The molecule has 0 bridgehead atoms. The van der Waals surface area contributed by atoms with Crippen LogP contribution in [-0.2, 0) is 22.6 Å². The lowest BCUT2D eigenvalue weighted by Crippen LogP contribution is -2.41. The minimum atomic E-state index is -0.282. The van der Waals surface area contributed by atoms with Gasteiger partial charge in [-0.05, 0) is 36.3 Å². The van der Waals surface area contributed by atoms with Crippen molar-refractivity contribution in [3.8, 4) is 11.4 Å². The van der Waals surface area contributed by atoms with Crippen LogP contribution in [0.5, 0.6) is 0 Å². The number of rotatable bonds is 4. The van der Waals surface area contributed by atoms with E-state index in [1.165, 1.54) is 10.4 Å². The van der Waals surface area contributed by atoms with Crippen molar-refractivity contribution in [2.75, 3.05) is 10.2 Å². The zero-order valence-corrected chi connectivity index (χ0v) is 16.4. The zero-order chi connectivity index (χ0) is 20.4. The van der Waals surface area contributed by atoms with E-state index in [0.717, 1.165) is 12.0 Å². The summed E-state index contributed by atoms with van der Waals surface area (Å²) in [6.45, 7) is 3.89. The molecule has 3 aromatic rings. The topological polar surface area (TPSA) is 93.0 Å². The highest BCUT2D eigenvalue weighted by Crippen LogP contribution is 2.31. The number of amides is 2. The molecule has 0 aliphatic carbocycles. The molecule has 0 radical (unpaired) electrons. The molecule has 0 saturated carbocycles. The fraction of sp³-hybridized carbons (Fsp3) is 0.286. The summed E-state index contributed by atoms with van der Waals surface area (Å²) in [5.74, 6) is 0.158. The molecule has 1 aliphatic rings. The molecule has 2 heterocycles. The number of aryl methyl sites for hydroxylation is 1. The van der Waals surface area contributed by atoms with Crippen LogP contribution in [0, 0.1) is 0 Å². The normalized spacial score (nSPS) is 16.1. The minimum Gasteiger partial charge on any atom is -0.324 e. The van der Waals surface area contributed by atoms with Gasteiger partial charge in [-0.1, -0.05) is 43.3 Å². The fourth-order valence-corrected chi connectivity index (χ4v) is 3.48.